The van der Waals surface area contributed by atoms with Gasteiger partial charge in [-0.25, -0.2) is 4.39 Å². The number of ether oxygens (including phenoxy) is 1. The van der Waals surface area contributed by atoms with Crippen molar-refractivity contribution in [3.63, 3.8) is 0 Å². The largest absolute Gasteiger partial charge is 0.492 e. The number of aromatic nitrogens is 2. The predicted molar refractivity (Wildman–Crippen MR) is 158 cm³/mol. The maximum Gasteiger partial charge on any atom is 0.255 e. The monoisotopic (exact) mass is 568 g/mol. The van der Waals surface area contributed by atoms with E-state index in [1.165, 1.54) is 13.2 Å². The van der Waals surface area contributed by atoms with Crippen LogP contribution in [0.1, 0.15) is 34.5 Å². The second-order valence-corrected chi connectivity index (χ2v) is 11.1. The number of likely N-dealkylation sites (N-methyl/N-ethyl adjacent to an activating group) is 1. The van der Waals surface area contributed by atoms with Crippen LogP contribution in [0.5, 0.6) is 5.75 Å². The summed E-state index contributed by atoms with van der Waals surface area (Å²) in [5, 5.41) is 6.12. The molecule has 4 heterocycles. The lowest BCUT2D eigenvalue weighted by Gasteiger charge is -2.22. The van der Waals surface area contributed by atoms with Crippen LogP contribution in [0.25, 0.3) is 5.69 Å². The zero-order chi connectivity index (χ0) is 29.4. The Kier molecular flexibility index (Phi) is 7.43. The third kappa shape index (κ3) is 5.23. The molecule has 2 aromatic heterocycles. The number of methoxy groups -OCH3 is 1. The van der Waals surface area contributed by atoms with E-state index in [4.69, 9.17) is 4.74 Å². The first-order chi connectivity index (χ1) is 20.4. The van der Waals surface area contributed by atoms with E-state index in [2.05, 4.69) is 27.5 Å². The summed E-state index contributed by atoms with van der Waals surface area (Å²) in [6, 6.07) is 6.56. The van der Waals surface area contributed by atoms with Gasteiger partial charge in [0.1, 0.15) is 0 Å². The summed E-state index contributed by atoms with van der Waals surface area (Å²) in [6.07, 6.45) is 11.3. The quantitative estimate of drug-likeness (QED) is 0.335. The number of carbonyl (C=O) groups is 2. The second kappa shape index (κ2) is 11.3. The molecule has 3 aromatic rings. The molecule has 9 nitrogen and oxygen atoms in total. The molecule has 0 bridgehead atoms. The number of amides is 2. The number of benzene rings is 1. The van der Waals surface area contributed by atoms with E-state index in [0.717, 1.165) is 24.2 Å². The number of nitrogens with one attached hydrogen (secondary N) is 2. The number of pyridine rings is 1. The van der Waals surface area contributed by atoms with Gasteiger partial charge in [-0.3, -0.25) is 14.6 Å². The molecule has 3 aliphatic rings. The van der Waals surface area contributed by atoms with Gasteiger partial charge in [-0.2, -0.15) is 0 Å². The summed E-state index contributed by atoms with van der Waals surface area (Å²) < 4.78 is 21.6. The van der Waals surface area contributed by atoms with E-state index >= 15 is 0 Å². The standard InChI is InChI=1S/C32H33FN6O3/c1-37(2)15-5-8-29(40)39-22(16-21-17-28(21)39)10-9-20-18-34-13-11-26(20)38-19-25(30-27(38)12-14-35-32(30)41)36-24-7-4-6-23(33)31(24)42-3/h4-8,11,13,18-19,21-22,28,36H,12,14-17H2,1-3H3,(H,35,41)/b8-5+/t21-,22+,28+/m1/s1. The number of halogens is 1. The number of para-hydroxylation sites is 1. The summed E-state index contributed by atoms with van der Waals surface area (Å²) in [5.74, 6) is 6.53. The van der Waals surface area contributed by atoms with Crippen molar-refractivity contribution >= 4 is 23.2 Å². The van der Waals surface area contributed by atoms with Crippen molar-refractivity contribution < 1.29 is 18.7 Å². The molecule has 0 unspecified atom stereocenters. The minimum absolute atomic E-state index is 0.00143. The fourth-order valence-corrected chi connectivity index (χ4v) is 5.91. The molecule has 2 N–H and O–H groups in total. The maximum absolute atomic E-state index is 14.4. The van der Waals surface area contributed by atoms with Crippen molar-refractivity contribution in [3.05, 3.63) is 77.6 Å². The molecule has 42 heavy (non-hydrogen) atoms. The zero-order valence-electron chi connectivity index (χ0n) is 23.9. The van der Waals surface area contributed by atoms with Gasteiger partial charge >= 0.3 is 0 Å². The number of fused-ring (bicyclic) bond motifs is 2. The topological polar surface area (TPSA) is 91.7 Å². The molecule has 0 radical (unpaired) electrons. The smallest absolute Gasteiger partial charge is 0.255 e. The molecule has 10 heteroatoms. The van der Waals surface area contributed by atoms with Crippen LogP contribution in [0.2, 0.25) is 0 Å². The molecule has 0 spiro atoms. The fourth-order valence-electron chi connectivity index (χ4n) is 5.91. The predicted octanol–water partition coefficient (Wildman–Crippen LogP) is 3.51. The highest BCUT2D eigenvalue weighted by molar-refractivity contribution is 6.03. The molecule has 1 aliphatic carbocycles. The van der Waals surface area contributed by atoms with Crippen LogP contribution in [-0.4, -0.2) is 77.5 Å². The van der Waals surface area contributed by atoms with Crippen LogP contribution in [0.3, 0.4) is 0 Å². The molecule has 2 fully saturated rings. The second-order valence-electron chi connectivity index (χ2n) is 11.1. The normalized spacial score (nSPS) is 20.5. The minimum Gasteiger partial charge on any atom is -0.492 e. The number of rotatable bonds is 7. The highest BCUT2D eigenvalue weighted by Gasteiger charge is 2.53. The van der Waals surface area contributed by atoms with Gasteiger partial charge < -0.3 is 29.7 Å². The summed E-state index contributed by atoms with van der Waals surface area (Å²) in [7, 11) is 5.33. The lowest BCUT2D eigenvalue weighted by molar-refractivity contribution is -0.126. The minimum atomic E-state index is -0.503. The number of anilines is 2. The Labute approximate surface area is 244 Å². The van der Waals surface area contributed by atoms with Crippen molar-refractivity contribution in [3.8, 4) is 23.3 Å². The van der Waals surface area contributed by atoms with E-state index in [0.29, 0.717) is 47.9 Å². The third-order valence-electron chi connectivity index (χ3n) is 7.94. The molecule has 216 valence electrons. The van der Waals surface area contributed by atoms with Crippen molar-refractivity contribution in [2.45, 2.75) is 31.3 Å². The van der Waals surface area contributed by atoms with E-state index in [9.17, 15) is 14.0 Å². The maximum atomic E-state index is 14.4. The van der Waals surface area contributed by atoms with Crippen molar-refractivity contribution in [2.24, 2.45) is 5.92 Å². The zero-order valence-corrected chi connectivity index (χ0v) is 23.9. The Balaban J connectivity index is 1.34. The number of hydrogen-bond acceptors (Lipinski definition) is 6. The van der Waals surface area contributed by atoms with E-state index < -0.39 is 5.82 Å². The molecule has 2 aliphatic heterocycles. The van der Waals surface area contributed by atoms with Crippen molar-refractivity contribution in [2.75, 3.05) is 39.6 Å². The van der Waals surface area contributed by atoms with E-state index in [1.807, 2.05) is 46.8 Å². The number of hydrogen-bond donors (Lipinski definition) is 2. The molecule has 2 amide bonds. The van der Waals surface area contributed by atoms with Gasteiger partial charge in [-0.05, 0) is 51.1 Å². The number of nitrogens with zero attached hydrogens (tertiary/aromatic N) is 4. The molecule has 1 saturated heterocycles. The van der Waals surface area contributed by atoms with Gasteiger partial charge in [0.2, 0.25) is 5.91 Å². The molecular weight excluding hydrogens is 535 g/mol. The highest BCUT2D eigenvalue weighted by atomic mass is 19.1. The number of carbonyl (C=O) groups excluding carboxylic acids is 2. The van der Waals surface area contributed by atoms with Gasteiger partial charge in [0.25, 0.3) is 5.91 Å². The Morgan fingerprint density at radius 1 is 1.29 bits per heavy atom. The molecule has 6 rings (SSSR count). The van der Waals surface area contributed by atoms with Crippen molar-refractivity contribution in [1.29, 1.82) is 0 Å². The Bertz CT molecular complexity index is 1630. The SMILES string of the molecule is COc1c(F)cccc1Nc1cn(-c2ccncc2C#C[C@H]2C[C@@H]3C[C@@H]3N2C(=O)/C=C/CN(C)C)c2c1C(=O)NCC2. The van der Waals surface area contributed by atoms with Crippen LogP contribution < -0.4 is 15.4 Å². The lowest BCUT2D eigenvalue weighted by Crippen LogP contribution is -2.36. The first-order valence-electron chi connectivity index (χ1n) is 14.1. The van der Waals surface area contributed by atoms with Crippen LogP contribution in [0.4, 0.5) is 15.8 Å². The molecule has 1 aromatic carbocycles. The summed E-state index contributed by atoms with van der Waals surface area (Å²) in [5.41, 5.74) is 3.70. The van der Waals surface area contributed by atoms with Gasteiger partial charge in [-0.15, -0.1) is 0 Å². The van der Waals surface area contributed by atoms with Gasteiger partial charge in [-0.1, -0.05) is 24.0 Å². The first kappa shape index (κ1) is 27.5. The Hall–Kier alpha value is -4.62. The first-order valence-corrected chi connectivity index (χ1v) is 14.1. The van der Waals surface area contributed by atoms with Crippen LogP contribution >= 0.6 is 0 Å². The van der Waals surface area contributed by atoms with Crippen LogP contribution in [0.15, 0.2) is 55.0 Å². The van der Waals surface area contributed by atoms with Crippen LogP contribution in [-0.2, 0) is 11.2 Å². The average Bonchev–Trinajstić information content (AvgIpc) is 3.47. The number of likely N-dealkylation sites (tertiary alicyclic amines) is 1. The average molecular weight is 569 g/mol. The Morgan fingerprint density at radius 2 is 2.14 bits per heavy atom. The number of piperidine rings is 1. The third-order valence-corrected chi connectivity index (χ3v) is 7.94. The highest BCUT2D eigenvalue weighted by Crippen LogP contribution is 2.47. The van der Waals surface area contributed by atoms with E-state index in [1.54, 1.807) is 30.6 Å². The van der Waals surface area contributed by atoms with Gasteiger partial charge in [0.15, 0.2) is 11.6 Å². The molecule has 1 saturated carbocycles. The van der Waals surface area contributed by atoms with E-state index in [-0.39, 0.29) is 29.6 Å². The van der Waals surface area contributed by atoms with Crippen LogP contribution in [0, 0.1) is 23.6 Å². The summed E-state index contributed by atoms with van der Waals surface area (Å²) >= 11 is 0. The summed E-state index contributed by atoms with van der Waals surface area (Å²) in [4.78, 5) is 34.3. The lowest BCUT2D eigenvalue weighted by atomic mass is 10.1. The molecular formula is C32H33FN6O3. The van der Waals surface area contributed by atoms with Gasteiger partial charge in [0.05, 0.1) is 41.3 Å². The Morgan fingerprint density at radius 3 is 2.95 bits per heavy atom. The van der Waals surface area contributed by atoms with Gasteiger partial charge in [0, 0.05) is 55.9 Å². The summed E-state index contributed by atoms with van der Waals surface area (Å²) in [6.45, 7) is 1.19. The van der Waals surface area contributed by atoms with Crippen molar-refractivity contribution in [1.82, 2.24) is 24.7 Å². The fraction of sp³-hybridized carbons (Fsp3) is 0.344. The molecule has 3 atom stereocenters.